The molecule has 1 saturated heterocycles. The molecule has 0 N–H and O–H groups in total. The zero-order valence-electron chi connectivity index (χ0n) is 16.1. The summed E-state index contributed by atoms with van der Waals surface area (Å²) in [5.74, 6) is 0.493. The molecule has 0 spiro atoms. The lowest BCUT2D eigenvalue weighted by Gasteiger charge is -2.25. The fraction of sp³-hybridized carbons (Fsp3) is 0.304. The number of aryl methyl sites for hydroxylation is 1. The van der Waals surface area contributed by atoms with Gasteiger partial charge in [0.05, 0.1) is 23.9 Å². The molecule has 2 heterocycles. The Hall–Kier alpha value is -2.95. The first-order valence-corrected chi connectivity index (χ1v) is 9.56. The molecule has 1 aliphatic heterocycles. The van der Waals surface area contributed by atoms with Crippen molar-refractivity contribution >= 4 is 16.8 Å². The lowest BCUT2D eigenvalue weighted by Crippen LogP contribution is -2.37. The molecule has 0 saturated carbocycles. The number of amides is 1. The first-order valence-electron chi connectivity index (χ1n) is 9.56. The molecule has 144 valence electrons. The van der Waals surface area contributed by atoms with Crippen molar-refractivity contribution in [3.05, 3.63) is 71.2 Å². The summed E-state index contributed by atoms with van der Waals surface area (Å²) in [6.07, 6.45) is 2.55. The summed E-state index contributed by atoms with van der Waals surface area (Å²) < 4.78 is 18.8. The predicted octanol–water partition coefficient (Wildman–Crippen LogP) is 4.54. The van der Waals surface area contributed by atoms with Gasteiger partial charge in [0.2, 0.25) is 0 Å². The van der Waals surface area contributed by atoms with E-state index in [0.717, 1.165) is 40.8 Å². The normalized spacial score (nSPS) is 16.5. The van der Waals surface area contributed by atoms with E-state index in [9.17, 15) is 9.18 Å². The van der Waals surface area contributed by atoms with Gasteiger partial charge < -0.3 is 9.64 Å². The largest absolute Gasteiger partial charge is 0.497 e. The molecule has 2 aromatic carbocycles. The van der Waals surface area contributed by atoms with Crippen LogP contribution >= 0.6 is 0 Å². The fourth-order valence-electron chi connectivity index (χ4n) is 4.00. The van der Waals surface area contributed by atoms with E-state index < -0.39 is 0 Å². The fourth-order valence-corrected chi connectivity index (χ4v) is 4.00. The Morgan fingerprint density at radius 1 is 1.25 bits per heavy atom. The zero-order chi connectivity index (χ0) is 19.7. The van der Waals surface area contributed by atoms with Crippen molar-refractivity contribution in [1.29, 1.82) is 0 Å². The second kappa shape index (κ2) is 7.58. The Morgan fingerprint density at radius 3 is 2.89 bits per heavy atom. The van der Waals surface area contributed by atoms with Crippen molar-refractivity contribution in [2.45, 2.75) is 32.2 Å². The Kier molecular flexibility index (Phi) is 4.99. The van der Waals surface area contributed by atoms with Crippen LogP contribution in [0.5, 0.6) is 5.75 Å². The number of pyridine rings is 1. The molecule has 4 nitrogen and oxygen atoms in total. The van der Waals surface area contributed by atoms with Gasteiger partial charge in [0, 0.05) is 18.0 Å². The Labute approximate surface area is 164 Å². The summed E-state index contributed by atoms with van der Waals surface area (Å²) in [7, 11) is 1.62. The van der Waals surface area contributed by atoms with Gasteiger partial charge in [-0.25, -0.2) is 4.39 Å². The minimum absolute atomic E-state index is 0.00590. The molecular weight excluding hydrogens is 355 g/mol. The molecular formula is C23H23FN2O2. The van der Waals surface area contributed by atoms with Crippen molar-refractivity contribution in [2.75, 3.05) is 13.7 Å². The number of hydrogen-bond donors (Lipinski definition) is 0. The lowest BCUT2D eigenvalue weighted by atomic mass is 10.0. The third kappa shape index (κ3) is 3.57. The number of halogens is 1. The van der Waals surface area contributed by atoms with E-state index in [1.54, 1.807) is 19.2 Å². The maximum atomic E-state index is 13.5. The Morgan fingerprint density at radius 2 is 2.11 bits per heavy atom. The van der Waals surface area contributed by atoms with Gasteiger partial charge in [0.1, 0.15) is 11.6 Å². The molecule has 0 aliphatic carbocycles. The first-order chi connectivity index (χ1) is 13.5. The van der Waals surface area contributed by atoms with E-state index in [0.29, 0.717) is 18.5 Å². The van der Waals surface area contributed by atoms with Gasteiger partial charge >= 0.3 is 0 Å². The number of ether oxygens (including phenoxy) is 1. The maximum absolute atomic E-state index is 13.5. The monoisotopic (exact) mass is 378 g/mol. The number of benzene rings is 2. The van der Waals surface area contributed by atoms with Crippen LogP contribution in [0.4, 0.5) is 4.39 Å². The smallest absolute Gasteiger partial charge is 0.255 e. The van der Waals surface area contributed by atoms with Crippen LogP contribution in [0, 0.1) is 12.7 Å². The molecule has 1 aromatic heterocycles. The van der Waals surface area contributed by atoms with Gasteiger partial charge in [-0.2, -0.15) is 0 Å². The summed E-state index contributed by atoms with van der Waals surface area (Å²) in [6.45, 7) is 2.59. The first kappa shape index (κ1) is 18.4. The van der Waals surface area contributed by atoms with Crippen LogP contribution in [0.3, 0.4) is 0 Å². The van der Waals surface area contributed by atoms with Crippen molar-refractivity contribution in [3.63, 3.8) is 0 Å². The topological polar surface area (TPSA) is 42.4 Å². The number of aromatic nitrogens is 1. The molecule has 1 amide bonds. The Bertz CT molecular complexity index is 1030. The molecule has 3 aromatic rings. The summed E-state index contributed by atoms with van der Waals surface area (Å²) in [6, 6.07) is 14.3. The van der Waals surface area contributed by atoms with E-state index in [1.807, 2.05) is 42.2 Å². The van der Waals surface area contributed by atoms with Crippen LogP contribution in [-0.4, -0.2) is 35.5 Å². The second-order valence-corrected chi connectivity index (χ2v) is 7.31. The van der Waals surface area contributed by atoms with Crippen LogP contribution in [-0.2, 0) is 6.42 Å². The summed E-state index contributed by atoms with van der Waals surface area (Å²) in [5.41, 5.74) is 3.10. The standard InChI is InChI=1S/C23H23FN2O2/c1-15-21(14-17-13-20(28-2)8-9-22(17)25-15)23(27)26-10-4-7-19(26)12-16-5-3-6-18(24)11-16/h3,5-6,8-9,11,13-14,19H,4,7,10,12H2,1-2H3/t19-/m0/s1. The summed E-state index contributed by atoms with van der Waals surface area (Å²) in [5, 5.41) is 0.883. The van der Waals surface area contributed by atoms with Crippen LogP contribution < -0.4 is 4.74 Å². The number of carbonyl (C=O) groups excluding carboxylic acids is 1. The quantitative estimate of drug-likeness (QED) is 0.669. The van der Waals surface area contributed by atoms with E-state index in [4.69, 9.17) is 4.74 Å². The third-order valence-corrected chi connectivity index (χ3v) is 5.44. The third-order valence-electron chi connectivity index (χ3n) is 5.44. The average molecular weight is 378 g/mol. The molecule has 1 fully saturated rings. The zero-order valence-corrected chi connectivity index (χ0v) is 16.1. The number of fused-ring (bicyclic) bond motifs is 1. The minimum Gasteiger partial charge on any atom is -0.497 e. The van der Waals surface area contributed by atoms with Gasteiger partial charge in [-0.1, -0.05) is 12.1 Å². The molecule has 1 aliphatic rings. The van der Waals surface area contributed by atoms with E-state index >= 15 is 0 Å². The van der Waals surface area contributed by atoms with Crippen molar-refractivity contribution in [2.24, 2.45) is 0 Å². The number of carbonyl (C=O) groups is 1. The maximum Gasteiger partial charge on any atom is 0.255 e. The van der Waals surface area contributed by atoms with Crippen LogP contribution in [0.25, 0.3) is 10.9 Å². The van der Waals surface area contributed by atoms with Crippen molar-refractivity contribution in [3.8, 4) is 5.75 Å². The van der Waals surface area contributed by atoms with Crippen molar-refractivity contribution < 1.29 is 13.9 Å². The molecule has 1 atom stereocenters. The highest BCUT2D eigenvalue weighted by atomic mass is 19.1. The number of hydrogen-bond acceptors (Lipinski definition) is 3. The van der Waals surface area contributed by atoms with Gasteiger partial charge in [-0.15, -0.1) is 0 Å². The van der Waals surface area contributed by atoms with E-state index in [1.165, 1.54) is 6.07 Å². The van der Waals surface area contributed by atoms with E-state index in [2.05, 4.69) is 4.98 Å². The molecule has 0 radical (unpaired) electrons. The number of rotatable bonds is 4. The lowest BCUT2D eigenvalue weighted by molar-refractivity contribution is 0.0735. The van der Waals surface area contributed by atoms with Gasteiger partial charge in [-0.3, -0.25) is 9.78 Å². The highest BCUT2D eigenvalue weighted by Crippen LogP contribution is 2.27. The number of nitrogens with zero attached hydrogens (tertiary/aromatic N) is 2. The molecule has 0 unspecified atom stereocenters. The molecule has 4 rings (SSSR count). The average Bonchev–Trinajstić information content (AvgIpc) is 3.14. The number of methoxy groups -OCH3 is 1. The minimum atomic E-state index is -0.239. The molecule has 28 heavy (non-hydrogen) atoms. The van der Waals surface area contributed by atoms with Crippen molar-refractivity contribution in [1.82, 2.24) is 9.88 Å². The highest BCUT2D eigenvalue weighted by Gasteiger charge is 2.30. The van der Waals surface area contributed by atoms with Crippen LogP contribution in [0.2, 0.25) is 0 Å². The predicted molar refractivity (Wildman–Crippen MR) is 107 cm³/mol. The van der Waals surface area contributed by atoms with Gasteiger partial charge in [-0.05, 0) is 68.1 Å². The molecule has 0 bridgehead atoms. The summed E-state index contributed by atoms with van der Waals surface area (Å²) in [4.78, 5) is 19.8. The SMILES string of the molecule is COc1ccc2nc(C)c(C(=O)N3CCC[C@H]3Cc3cccc(F)c3)cc2c1. The van der Waals surface area contributed by atoms with Crippen LogP contribution in [0.1, 0.15) is 34.5 Å². The second-order valence-electron chi connectivity index (χ2n) is 7.31. The van der Waals surface area contributed by atoms with Gasteiger partial charge in [0.25, 0.3) is 5.91 Å². The number of likely N-dealkylation sites (tertiary alicyclic amines) is 1. The van der Waals surface area contributed by atoms with Crippen LogP contribution in [0.15, 0.2) is 48.5 Å². The Balaban J connectivity index is 1.63. The molecule has 5 heteroatoms. The van der Waals surface area contributed by atoms with Gasteiger partial charge in [0.15, 0.2) is 0 Å². The van der Waals surface area contributed by atoms with E-state index in [-0.39, 0.29) is 17.8 Å². The summed E-state index contributed by atoms with van der Waals surface area (Å²) >= 11 is 0. The highest BCUT2D eigenvalue weighted by molar-refractivity contribution is 5.99.